The maximum absolute atomic E-state index is 12.7. The number of hydrogen-bond donors (Lipinski definition) is 1. The zero-order valence-corrected chi connectivity index (χ0v) is 17.4. The lowest BCUT2D eigenvalue weighted by molar-refractivity contribution is -0.000390. The van der Waals surface area contributed by atoms with Crippen LogP contribution in [0.2, 0.25) is 10.0 Å². The van der Waals surface area contributed by atoms with Gasteiger partial charge in [-0.05, 0) is 55.2 Å². The number of nitrogens with two attached hydrogens (primary N) is 1. The second-order valence-electron chi connectivity index (χ2n) is 6.63. The van der Waals surface area contributed by atoms with Gasteiger partial charge in [0, 0.05) is 24.3 Å². The van der Waals surface area contributed by atoms with Crippen LogP contribution in [0.3, 0.4) is 0 Å². The van der Waals surface area contributed by atoms with Gasteiger partial charge < -0.3 is 15.4 Å². The summed E-state index contributed by atoms with van der Waals surface area (Å²) in [6.45, 7) is 3.78. The van der Waals surface area contributed by atoms with E-state index in [2.05, 4.69) is 0 Å². The summed E-state index contributed by atoms with van der Waals surface area (Å²) < 4.78 is 5.98. The number of carbonyl (C=O) groups is 1. The van der Waals surface area contributed by atoms with Gasteiger partial charge >= 0.3 is 0 Å². The molecule has 4 nitrogen and oxygen atoms in total. The number of hydrogen-bond acceptors (Lipinski definition) is 3. The summed E-state index contributed by atoms with van der Waals surface area (Å²) in [5.74, 6) is 0.0396. The van der Waals surface area contributed by atoms with Gasteiger partial charge in [-0.3, -0.25) is 4.79 Å². The minimum Gasteiger partial charge on any atom is -0.399 e. The number of ether oxygens (including phenoxy) is 1. The fourth-order valence-electron chi connectivity index (χ4n) is 3.11. The van der Waals surface area contributed by atoms with E-state index in [-0.39, 0.29) is 24.4 Å². The molecule has 0 aliphatic carbocycles. The average Bonchev–Trinajstić information content (AvgIpc) is 2.64. The number of nitrogens with zero attached hydrogens (tertiary/aromatic N) is 1. The molecule has 146 valence electrons. The number of benzene rings is 2. The lowest BCUT2D eigenvalue weighted by Crippen LogP contribution is -2.41. The third kappa shape index (κ3) is 5.52. The largest absolute Gasteiger partial charge is 0.399 e. The van der Waals surface area contributed by atoms with Crippen LogP contribution < -0.4 is 5.73 Å². The summed E-state index contributed by atoms with van der Waals surface area (Å²) in [4.78, 5) is 14.6. The van der Waals surface area contributed by atoms with Crippen molar-refractivity contribution in [1.82, 2.24) is 4.90 Å². The molecule has 0 atom stereocenters. The number of likely N-dealkylation sites (tertiary alicyclic amines) is 1. The van der Waals surface area contributed by atoms with Crippen LogP contribution in [0.25, 0.3) is 0 Å². The Morgan fingerprint density at radius 1 is 1.15 bits per heavy atom. The van der Waals surface area contributed by atoms with Gasteiger partial charge in [-0.2, -0.15) is 0 Å². The first-order valence-electron chi connectivity index (χ1n) is 8.65. The Morgan fingerprint density at radius 2 is 1.85 bits per heavy atom. The first kappa shape index (κ1) is 21.8. The summed E-state index contributed by atoms with van der Waals surface area (Å²) in [6.07, 6.45) is 1.76. The van der Waals surface area contributed by atoms with Crippen LogP contribution >= 0.6 is 35.6 Å². The molecule has 1 saturated heterocycles. The normalized spacial score (nSPS) is 14.7. The molecule has 0 aromatic heterocycles. The fourth-order valence-corrected chi connectivity index (χ4v) is 3.43. The molecule has 0 saturated carbocycles. The van der Waals surface area contributed by atoms with E-state index in [9.17, 15) is 4.79 Å². The molecule has 1 amide bonds. The molecule has 1 aliphatic rings. The highest BCUT2D eigenvalue weighted by Gasteiger charge is 2.25. The second kappa shape index (κ2) is 9.65. The number of amides is 1. The molecule has 0 unspecified atom stereocenters. The Kier molecular flexibility index (Phi) is 7.80. The molecule has 7 heteroatoms. The Hall–Kier alpha value is -1.46. The molecule has 1 heterocycles. The standard InChI is InChI=1S/C20H22Cl2N2O2.ClH/c1-13-2-4-15(23)11-17(13)20(25)24-8-6-16(7-9-24)26-12-14-3-5-18(21)19(22)10-14;/h2-5,10-11,16H,6-9,12,23H2,1H3;1H. The number of halogens is 3. The summed E-state index contributed by atoms with van der Waals surface area (Å²) in [7, 11) is 0. The third-order valence-corrected chi connectivity index (χ3v) is 5.43. The van der Waals surface area contributed by atoms with Crippen LogP contribution in [-0.4, -0.2) is 30.0 Å². The van der Waals surface area contributed by atoms with Crippen molar-refractivity contribution < 1.29 is 9.53 Å². The summed E-state index contributed by atoms with van der Waals surface area (Å²) in [6, 6.07) is 11.0. The molecule has 1 aliphatic heterocycles. The van der Waals surface area contributed by atoms with Crippen molar-refractivity contribution in [2.24, 2.45) is 0 Å². The van der Waals surface area contributed by atoms with Gasteiger partial charge in [-0.15, -0.1) is 12.4 Å². The van der Waals surface area contributed by atoms with Crippen molar-refractivity contribution in [3.8, 4) is 0 Å². The number of nitrogen functional groups attached to an aromatic ring is 1. The molecule has 0 radical (unpaired) electrons. The molecule has 2 aromatic rings. The number of piperidine rings is 1. The highest BCUT2D eigenvalue weighted by molar-refractivity contribution is 6.42. The van der Waals surface area contributed by atoms with Gasteiger partial charge in [0.05, 0.1) is 22.8 Å². The number of carbonyl (C=O) groups excluding carboxylic acids is 1. The van der Waals surface area contributed by atoms with Gasteiger partial charge in [0.25, 0.3) is 5.91 Å². The van der Waals surface area contributed by atoms with Crippen molar-refractivity contribution in [2.75, 3.05) is 18.8 Å². The zero-order valence-electron chi connectivity index (χ0n) is 15.1. The van der Waals surface area contributed by atoms with E-state index in [0.717, 1.165) is 24.0 Å². The molecule has 1 fully saturated rings. The van der Waals surface area contributed by atoms with Crippen LogP contribution in [0.5, 0.6) is 0 Å². The van der Waals surface area contributed by atoms with Crippen molar-refractivity contribution in [3.05, 3.63) is 63.1 Å². The highest BCUT2D eigenvalue weighted by Crippen LogP contribution is 2.24. The number of rotatable bonds is 4. The fraction of sp³-hybridized carbons (Fsp3) is 0.350. The van der Waals surface area contributed by atoms with Crippen molar-refractivity contribution in [1.29, 1.82) is 0 Å². The summed E-state index contributed by atoms with van der Waals surface area (Å²) >= 11 is 12.0. The minimum absolute atomic E-state index is 0. The SMILES string of the molecule is Cc1ccc(N)cc1C(=O)N1CCC(OCc2ccc(Cl)c(Cl)c2)CC1.Cl. The van der Waals surface area contributed by atoms with Crippen LogP contribution in [0, 0.1) is 6.92 Å². The second-order valence-corrected chi connectivity index (χ2v) is 7.44. The predicted molar refractivity (Wildman–Crippen MR) is 113 cm³/mol. The molecule has 3 rings (SSSR count). The predicted octanol–water partition coefficient (Wildman–Crippen LogP) is 5.13. The van der Waals surface area contributed by atoms with Crippen LogP contribution in [0.4, 0.5) is 5.69 Å². The first-order valence-corrected chi connectivity index (χ1v) is 9.40. The van der Waals surface area contributed by atoms with Crippen molar-refractivity contribution in [3.63, 3.8) is 0 Å². The molecule has 0 bridgehead atoms. The monoisotopic (exact) mass is 428 g/mol. The molecule has 2 aromatic carbocycles. The maximum Gasteiger partial charge on any atom is 0.254 e. The molecule has 2 N–H and O–H groups in total. The lowest BCUT2D eigenvalue weighted by atomic mass is 10.0. The Morgan fingerprint density at radius 3 is 2.52 bits per heavy atom. The van der Waals surface area contributed by atoms with Crippen molar-refractivity contribution in [2.45, 2.75) is 32.5 Å². The first-order chi connectivity index (χ1) is 12.4. The van der Waals surface area contributed by atoms with E-state index in [0.29, 0.717) is 41.0 Å². The molecule has 0 spiro atoms. The van der Waals surface area contributed by atoms with E-state index >= 15 is 0 Å². The number of anilines is 1. The van der Waals surface area contributed by atoms with Gasteiger partial charge in [0.1, 0.15) is 0 Å². The molecular formula is C20H23Cl3N2O2. The van der Waals surface area contributed by atoms with Crippen LogP contribution in [0.15, 0.2) is 36.4 Å². The van der Waals surface area contributed by atoms with Gasteiger partial charge in [0.2, 0.25) is 0 Å². The van der Waals surface area contributed by atoms with E-state index in [4.69, 9.17) is 33.7 Å². The van der Waals surface area contributed by atoms with Crippen LogP contribution in [-0.2, 0) is 11.3 Å². The van der Waals surface area contributed by atoms with E-state index in [1.165, 1.54) is 0 Å². The Balaban J connectivity index is 0.00000261. The lowest BCUT2D eigenvalue weighted by Gasteiger charge is -2.32. The Labute approximate surface area is 176 Å². The van der Waals surface area contributed by atoms with E-state index in [1.807, 2.05) is 36.1 Å². The summed E-state index contributed by atoms with van der Waals surface area (Å²) in [5.41, 5.74) is 9.05. The minimum atomic E-state index is 0. The maximum atomic E-state index is 12.7. The molecule has 27 heavy (non-hydrogen) atoms. The quantitative estimate of drug-likeness (QED) is 0.686. The van der Waals surface area contributed by atoms with E-state index in [1.54, 1.807) is 12.1 Å². The molecular weight excluding hydrogens is 407 g/mol. The zero-order chi connectivity index (χ0) is 18.7. The van der Waals surface area contributed by atoms with E-state index < -0.39 is 0 Å². The van der Waals surface area contributed by atoms with Crippen LogP contribution in [0.1, 0.15) is 34.3 Å². The number of aryl methyl sites for hydroxylation is 1. The Bertz CT molecular complexity index is 806. The highest BCUT2D eigenvalue weighted by atomic mass is 35.5. The smallest absolute Gasteiger partial charge is 0.254 e. The van der Waals surface area contributed by atoms with Gasteiger partial charge in [-0.1, -0.05) is 35.3 Å². The average molecular weight is 430 g/mol. The van der Waals surface area contributed by atoms with Gasteiger partial charge in [0.15, 0.2) is 0 Å². The topological polar surface area (TPSA) is 55.6 Å². The van der Waals surface area contributed by atoms with Gasteiger partial charge in [-0.25, -0.2) is 0 Å². The summed E-state index contributed by atoms with van der Waals surface area (Å²) in [5, 5.41) is 1.07. The van der Waals surface area contributed by atoms with Crippen molar-refractivity contribution >= 4 is 47.2 Å². The third-order valence-electron chi connectivity index (χ3n) is 4.69.